The van der Waals surface area contributed by atoms with Crippen LogP contribution in [0.5, 0.6) is 11.5 Å². The minimum Gasteiger partial charge on any atom is -0.466 e. The lowest BCUT2D eigenvalue weighted by Crippen LogP contribution is -2.30. The SMILES string of the molecule is CCOC(=O)CCC(=O)Nc1cc(S(=O)(=O)N(CC)CC)ccc1Oc1ccccc1. The fraction of sp³-hybridized carbons (Fsp3) is 0.364. The molecule has 0 heterocycles. The Balaban J connectivity index is 2.33. The van der Waals surface area contributed by atoms with Gasteiger partial charge in [-0.25, -0.2) is 8.42 Å². The molecule has 2 rings (SSSR count). The van der Waals surface area contributed by atoms with Crippen molar-refractivity contribution in [2.75, 3.05) is 25.0 Å². The number of esters is 1. The van der Waals surface area contributed by atoms with Crippen LogP contribution in [0.25, 0.3) is 0 Å². The van der Waals surface area contributed by atoms with Crippen LogP contribution in [0.15, 0.2) is 53.4 Å². The van der Waals surface area contributed by atoms with Crippen LogP contribution in [-0.4, -0.2) is 44.3 Å². The summed E-state index contributed by atoms with van der Waals surface area (Å²) < 4.78 is 37.8. The van der Waals surface area contributed by atoms with Gasteiger partial charge >= 0.3 is 5.97 Å². The van der Waals surface area contributed by atoms with E-state index in [0.717, 1.165) is 0 Å². The topological polar surface area (TPSA) is 102 Å². The van der Waals surface area contributed by atoms with Crippen molar-refractivity contribution in [1.82, 2.24) is 4.31 Å². The molecule has 9 heteroatoms. The number of benzene rings is 2. The Hall–Kier alpha value is -2.91. The van der Waals surface area contributed by atoms with Gasteiger partial charge in [0.2, 0.25) is 15.9 Å². The Morgan fingerprint density at radius 3 is 2.26 bits per heavy atom. The molecule has 0 aliphatic heterocycles. The van der Waals surface area contributed by atoms with Gasteiger partial charge in [0.15, 0.2) is 5.75 Å². The highest BCUT2D eigenvalue weighted by molar-refractivity contribution is 7.89. The van der Waals surface area contributed by atoms with Crippen molar-refractivity contribution in [3.63, 3.8) is 0 Å². The number of ether oxygens (including phenoxy) is 2. The lowest BCUT2D eigenvalue weighted by atomic mass is 10.2. The van der Waals surface area contributed by atoms with Crippen molar-refractivity contribution in [3.05, 3.63) is 48.5 Å². The second kappa shape index (κ2) is 11.5. The van der Waals surface area contributed by atoms with E-state index in [1.165, 1.54) is 22.5 Å². The van der Waals surface area contributed by atoms with E-state index in [2.05, 4.69) is 5.32 Å². The summed E-state index contributed by atoms with van der Waals surface area (Å²) in [5.74, 6) is -0.113. The molecule has 1 amide bonds. The summed E-state index contributed by atoms with van der Waals surface area (Å²) in [6.07, 6.45) is -0.178. The van der Waals surface area contributed by atoms with Crippen LogP contribution in [0.2, 0.25) is 0 Å². The van der Waals surface area contributed by atoms with Gasteiger partial charge in [-0.1, -0.05) is 32.0 Å². The van der Waals surface area contributed by atoms with Gasteiger partial charge in [-0.15, -0.1) is 0 Å². The predicted octanol–water partition coefficient (Wildman–Crippen LogP) is 3.79. The van der Waals surface area contributed by atoms with Crippen LogP contribution < -0.4 is 10.1 Å². The number of carbonyl (C=O) groups excluding carboxylic acids is 2. The van der Waals surface area contributed by atoms with Crippen LogP contribution >= 0.6 is 0 Å². The van der Waals surface area contributed by atoms with E-state index in [-0.39, 0.29) is 35.8 Å². The third-order valence-corrected chi connectivity index (χ3v) is 6.45. The second-order valence-electron chi connectivity index (χ2n) is 6.52. The number of amides is 1. The van der Waals surface area contributed by atoms with E-state index in [1.54, 1.807) is 45.0 Å². The molecule has 0 atom stereocenters. The highest BCUT2D eigenvalue weighted by Gasteiger charge is 2.23. The Bertz CT molecular complexity index is 988. The first-order valence-electron chi connectivity index (χ1n) is 10.1. The first kappa shape index (κ1) is 24.4. The maximum Gasteiger partial charge on any atom is 0.306 e. The Labute approximate surface area is 183 Å². The fourth-order valence-corrected chi connectivity index (χ4v) is 4.33. The Morgan fingerprint density at radius 1 is 0.968 bits per heavy atom. The molecule has 1 N–H and O–H groups in total. The second-order valence-corrected chi connectivity index (χ2v) is 8.45. The maximum atomic E-state index is 12.9. The zero-order valence-corrected chi connectivity index (χ0v) is 18.8. The van der Waals surface area contributed by atoms with Gasteiger partial charge in [-0.2, -0.15) is 4.31 Å². The molecule has 0 aromatic heterocycles. The molecule has 0 bridgehead atoms. The molecule has 0 saturated heterocycles. The number of nitrogens with zero attached hydrogens (tertiary/aromatic N) is 1. The van der Waals surface area contributed by atoms with Gasteiger partial charge in [0, 0.05) is 19.5 Å². The normalized spacial score (nSPS) is 11.2. The van der Waals surface area contributed by atoms with Crippen molar-refractivity contribution in [2.24, 2.45) is 0 Å². The van der Waals surface area contributed by atoms with Gasteiger partial charge in [0.05, 0.1) is 23.6 Å². The van der Waals surface area contributed by atoms with Crippen LogP contribution in [0.1, 0.15) is 33.6 Å². The molecule has 0 aliphatic carbocycles. The molecule has 0 saturated carbocycles. The third kappa shape index (κ3) is 6.80. The van der Waals surface area contributed by atoms with Gasteiger partial charge < -0.3 is 14.8 Å². The number of rotatable bonds is 11. The smallest absolute Gasteiger partial charge is 0.306 e. The molecule has 2 aromatic carbocycles. The number of carbonyl (C=O) groups is 2. The van der Waals surface area contributed by atoms with Crippen molar-refractivity contribution >= 4 is 27.6 Å². The molecular weight excluding hydrogens is 420 g/mol. The summed E-state index contributed by atoms with van der Waals surface area (Å²) in [5, 5.41) is 2.66. The molecule has 8 nitrogen and oxygen atoms in total. The minimum atomic E-state index is -3.73. The third-order valence-electron chi connectivity index (χ3n) is 4.40. The van der Waals surface area contributed by atoms with Crippen molar-refractivity contribution < 1.29 is 27.5 Å². The predicted molar refractivity (Wildman–Crippen MR) is 118 cm³/mol. The molecule has 31 heavy (non-hydrogen) atoms. The summed E-state index contributed by atoms with van der Waals surface area (Å²) in [7, 11) is -3.73. The number of sulfonamides is 1. The average Bonchev–Trinajstić information content (AvgIpc) is 2.75. The van der Waals surface area contributed by atoms with Gasteiger partial charge in [-0.3, -0.25) is 9.59 Å². The number of anilines is 1. The number of nitrogens with one attached hydrogen (secondary N) is 1. The summed E-state index contributed by atoms with van der Waals surface area (Å²) in [4.78, 5) is 24.0. The number of hydrogen-bond acceptors (Lipinski definition) is 6. The van der Waals surface area contributed by atoms with E-state index >= 15 is 0 Å². The fourth-order valence-electron chi connectivity index (χ4n) is 2.85. The highest BCUT2D eigenvalue weighted by Crippen LogP contribution is 2.33. The first-order valence-corrected chi connectivity index (χ1v) is 11.6. The van der Waals surface area contributed by atoms with E-state index in [9.17, 15) is 18.0 Å². The monoisotopic (exact) mass is 448 g/mol. The number of para-hydroxylation sites is 1. The summed E-state index contributed by atoms with van der Waals surface area (Å²) >= 11 is 0. The van der Waals surface area contributed by atoms with Crippen molar-refractivity contribution in [2.45, 2.75) is 38.5 Å². The van der Waals surface area contributed by atoms with Crippen molar-refractivity contribution in [3.8, 4) is 11.5 Å². The summed E-state index contributed by atoms with van der Waals surface area (Å²) in [6.45, 7) is 6.08. The molecule has 0 spiro atoms. The molecular formula is C22H28N2O6S. The van der Waals surface area contributed by atoms with Gasteiger partial charge in [0.25, 0.3) is 0 Å². The molecule has 0 aliphatic rings. The van der Waals surface area contributed by atoms with Gasteiger partial charge in [-0.05, 0) is 37.3 Å². The maximum absolute atomic E-state index is 12.9. The quantitative estimate of drug-likeness (QED) is 0.525. The Morgan fingerprint density at radius 2 is 1.65 bits per heavy atom. The van der Waals surface area contributed by atoms with Crippen LogP contribution in [0.3, 0.4) is 0 Å². The molecule has 0 fully saturated rings. The summed E-state index contributed by atoms with van der Waals surface area (Å²) in [5.41, 5.74) is 0.200. The standard InChI is InChI=1S/C22H28N2O6S/c1-4-24(5-2)31(27,28)18-12-13-20(30-17-10-8-7-9-11-17)19(16-18)23-21(25)14-15-22(26)29-6-3/h7-13,16H,4-6,14-15H2,1-3H3,(H,23,25). The van der Waals surface area contributed by atoms with Gasteiger partial charge in [0.1, 0.15) is 5.75 Å². The van der Waals surface area contributed by atoms with Crippen molar-refractivity contribution in [1.29, 1.82) is 0 Å². The minimum absolute atomic E-state index is 0.0392. The van der Waals surface area contributed by atoms with E-state index in [1.807, 2.05) is 6.07 Å². The number of hydrogen-bond donors (Lipinski definition) is 1. The lowest BCUT2D eigenvalue weighted by molar-refractivity contribution is -0.144. The zero-order chi connectivity index (χ0) is 22.9. The molecule has 0 radical (unpaired) electrons. The van der Waals surface area contributed by atoms with Crippen LogP contribution in [0.4, 0.5) is 5.69 Å². The largest absolute Gasteiger partial charge is 0.466 e. The Kier molecular flexibility index (Phi) is 9.02. The lowest BCUT2D eigenvalue weighted by Gasteiger charge is -2.20. The zero-order valence-electron chi connectivity index (χ0n) is 18.0. The van der Waals surface area contributed by atoms with Crippen LogP contribution in [-0.2, 0) is 24.3 Å². The van der Waals surface area contributed by atoms with E-state index in [4.69, 9.17) is 9.47 Å². The molecule has 168 valence electrons. The summed E-state index contributed by atoms with van der Waals surface area (Å²) in [6, 6.07) is 13.2. The molecule has 2 aromatic rings. The first-order chi connectivity index (χ1) is 14.8. The van der Waals surface area contributed by atoms with E-state index < -0.39 is 21.9 Å². The molecule has 0 unspecified atom stereocenters. The average molecular weight is 449 g/mol. The van der Waals surface area contributed by atoms with E-state index in [0.29, 0.717) is 18.8 Å². The highest BCUT2D eigenvalue weighted by atomic mass is 32.2. The van der Waals surface area contributed by atoms with Crippen LogP contribution in [0, 0.1) is 0 Å².